The minimum atomic E-state index is -0.590. The lowest BCUT2D eigenvalue weighted by molar-refractivity contribution is -0.0944. The molecule has 0 aromatic rings. The predicted molar refractivity (Wildman–Crippen MR) is 48.7 cm³/mol. The summed E-state index contributed by atoms with van der Waals surface area (Å²) in [7, 11) is 1.54. The Hall–Kier alpha value is -0.770. The van der Waals surface area contributed by atoms with Crippen LogP contribution in [0.25, 0.3) is 0 Å². The third-order valence-corrected chi connectivity index (χ3v) is 3.06. The molecule has 0 amide bonds. The maximum Gasteiger partial charge on any atom is 0.511 e. The SMILES string of the molecule is COC1OC(=O)OC1C1CCCCC1. The van der Waals surface area contributed by atoms with Crippen LogP contribution in [0.1, 0.15) is 32.1 Å². The van der Waals surface area contributed by atoms with E-state index in [-0.39, 0.29) is 6.10 Å². The zero-order valence-corrected chi connectivity index (χ0v) is 8.40. The van der Waals surface area contributed by atoms with Crippen molar-refractivity contribution in [2.75, 3.05) is 7.11 Å². The van der Waals surface area contributed by atoms with Crippen molar-refractivity contribution in [1.82, 2.24) is 0 Å². The summed E-state index contributed by atoms with van der Waals surface area (Å²) in [4.78, 5) is 10.9. The molecule has 1 saturated carbocycles. The van der Waals surface area contributed by atoms with Crippen LogP contribution in [0.5, 0.6) is 0 Å². The van der Waals surface area contributed by atoms with E-state index in [1.165, 1.54) is 19.3 Å². The van der Waals surface area contributed by atoms with Crippen molar-refractivity contribution in [3.05, 3.63) is 0 Å². The molecule has 1 aliphatic carbocycles. The van der Waals surface area contributed by atoms with E-state index in [9.17, 15) is 4.79 Å². The van der Waals surface area contributed by atoms with Gasteiger partial charge in [0.25, 0.3) is 0 Å². The summed E-state index contributed by atoms with van der Waals surface area (Å²) >= 11 is 0. The fourth-order valence-electron chi connectivity index (χ4n) is 2.32. The number of carbonyl (C=O) groups is 1. The Morgan fingerprint density at radius 3 is 2.57 bits per heavy atom. The summed E-state index contributed by atoms with van der Waals surface area (Å²) in [5.74, 6) is 0.417. The van der Waals surface area contributed by atoms with Crippen LogP contribution in [0, 0.1) is 5.92 Å². The molecule has 2 rings (SSSR count). The highest BCUT2D eigenvalue weighted by Gasteiger charge is 2.42. The minimum Gasteiger partial charge on any atom is -0.424 e. The van der Waals surface area contributed by atoms with Gasteiger partial charge in [0.05, 0.1) is 0 Å². The third kappa shape index (κ3) is 1.85. The summed E-state index contributed by atoms with van der Waals surface area (Å²) in [6, 6.07) is 0. The Morgan fingerprint density at radius 2 is 1.93 bits per heavy atom. The van der Waals surface area contributed by atoms with Crippen molar-refractivity contribution in [2.45, 2.75) is 44.5 Å². The second-order valence-electron chi connectivity index (χ2n) is 3.95. The smallest absolute Gasteiger partial charge is 0.424 e. The van der Waals surface area contributed by atoms with Crippen LogP contribution in [-0.4, -0.2) is 25.7 Å². The lowest BCUT2D eigenvalue weighted by atomic mass is 9.85. The van der Waals surface area contributed by atoms with Crippen LogP contribution in [0.15, 0.2) is 0 Å². The lowest BCUT2D eigenvalue weighted by Gasteiger charge is -2.27. The van der Waals surface area contributed by atoms with Crippen molar-refractivity contribution in [3.63, 3.8) is 0 Å². The van der Waals surface area contributed by atoms with Gasteiger partial charge in [0, 0.05) is 13.0 Å². The van der Waals surface area contributed by atoms with E-state index in [2.05, 4.69) is 0 Å². The quantitative estimate of drug-likeness (QED) is 0.640. The van der Waals surface area contributed by atoms with Crippen LogP contribution < -0.4 is 0 Å². The van der Waals surface area contributed by atoms with Gasteiger partial charge in [-0.1, -0.05) is 19.3 Å². The number of hydrogen-bond donors (Lipinski definition) is 0. The molecule has 1 saturated heterocycles. The highest BCUT2D eigenvalue weighted by molar-refractivity contribution is 5.62. The molecular formula is C10H16O4. The number of ether oxygens (including phenoxy) is 3. The molecule has 0 aromatic carbocycles. The van der Waals surface area contributed by atoms with Crippen molar-refractivity contribution in [3.8, 4) is 0 Å². The molecule has 0 spiro atoms. The normalized spacial score (nSPS) is 33.9. The molecule has 4 heteroatoms. The first-order valence-electron chi connectivity index (χ1n) is 5.21. The van der Waals surface area contributed by atoms with Crippen LogP contribution in [-0.2, 0) is 14.2 Å². The van der Waals surface area contributed by atoms with Gasteiger partial charge in [-0.15, -0.1) is 0 Å². The third-order valence-electron chi connectivity index (χ3n) is 3.06. The Kier molecular flexibility index (Phi) is 2.91. The molecule has 0 aromatic heterocycles. The van der Waals surface area contributed by atoms with Crippen LogP contribution in [0.4, 0.5) is 4.79 Å². The van der Waals surface area contributed by atoms with Gasteiger partial charge in [-0.2, -0.15) is 0 Å². The molecule has 2 unspecified atom stereocenters. The average Bonchev–Trinajstić information content (AvgIpc) is 2.61. The standard InChI is InChI=1S/C10H16O4/c1-12-9-8(13-10(11)14-9)7-5-3-2-4-6-7/h7-9H,2-6H2,1H3. The summed E-state index contributed by atoms with van der Waals surface area (Å²) in [5, 5.41) is 0. The average molecular weight is 200 g/mol. The molecule has 0 radical (unpaired) electrons. The highest BCUT2D eigenvalue weighted by atomic mass is 16.8. The second-order valence-corrected chi connectivity index (χ2v) is 3.95. The summed E-state index contributed by atoms with van der Waals surface area (Å²) in [6.45, 7) is 0. The topological polar surface area (TPSA) is 44.8 Å². The van der Waals surface area contributed by atoms with E-state index < -0.39 is 12.4 Å². The molecule has 4 nitrogen and oxygen atoms in total. The number of rotatable bonds is 2. The number of carbonyl (C=O) groups excluding carboxylic acids is 1. The van der Waals surface area contributed by atoms with Crippen LogP contribution >= 0.6 is 0 Å². The molecule has 1 heterocycles. The zero-order chi connectivity index (χ0) is 9.97. The second kappa shape index (κ2) is 4.17. The van der Waals surface area contributed by atoms with Crippen molar-refractivity contribution in [1.29, 1.82) is 0 Å². The molecule has 2 atom stereocenters. The largest absolute Gasteiger partial charge is 0.511 e. The maximum absolute atomic E-state index is 10.9. The number of methoxy groups -OCH3 is 1. The maximum atomic E-state index is 10.9. The van der Waals surface area contributed by atoms with E-state index in [1.807, 2.05) is 0 Å². The Bertz CT molecular complexity index is 210. The molecule has 0 N–H and O–H groups in total. The van der Waals surface area contributed by atoms with Gasteiger partial charge in [0.15, 0.2) is 6.10 Å². The van der Waals surface area contributed by atoms with Crippen molar-refractivity contribution < 1.29 is 19.0 Å². The van der Waals surface area contributed by atoms with Gasteiger partial charge in [-0.3, -0.25) is 0 Å². The van der Waals surface area contributed by atoms with E-state index >= 15 is 0 Å². The predicted octanol–water partition coefficient (Wildman–Crippen LogP) is 2.07. The molecule has 1 aliphatic heterocycles. The fourth-order valence-corrected chi connectivity index (χ4v) is 2.32. The Labute approximate surface area is 83.5 Å². The molecule has 80 valence electrons. The van der Waals surface area contributed by atoms with Crippen LogP contribution in [0.2, 0.25) is 0 Å². The fraction of sp³-hybridized carbons (Fsp3) is 0.900. The first-order chi connectivity index (χ1) is 6.81. The molecular weight excluding hydrogens is 184 g/mol. The molecule has 0 bridgehead atoms. The number of hydrogen-bond acceptors (Lipinski definition) is 4. The van der Waals surface area contributed by atoms with Crippen molar-refractivity contribution in [2.24, 2.45) is 5.92 Å². The first-order valence-corrected chi connectivity index (χ1v) is 5.21. The van der Waals surface area contributed by atoms with E-state index in [0.29, 0.717) is 5.92 Å². The molecule has 2 aliphatic rings. The summed E-state index contributed by atoms with van der Waals surface area (Å²) in [5.41, 5.74) is 0. The molecule has 2 fully saturated rings. The monoisotopic (exact) mass is 200 g/mol. The highest BCUT2D eigenvalue weighted by Crippen LogP contribution is 2.33. The van der Waals surface area contributed by atoms with Crippen LogP contribution in [0.3, 0.4) is 0 Å². The minimum absolute atomic E-state index is 0.187. The van der Waals surface area contributed by atoms with Gasteiger partial charge in [-0.25, -0.2) is 4.79 Å². The summed E-state index contributed by atoms with van der Waals surface area (Å²) in [6.07, 6.45) is 4.67. The van der Waals surface area contributed by atoms with Crippen molar-refractivity contribution >= 4 is 6.16 Å². The van der Waals surface area contributed by atoms with E-state index in [0.717, 1.165) is 12.8 Å². The molecule has 14 heavy (non-hydrogen) atoms. The number of cyclic esters (lactones) is 2. The van der Waals surface area contributed by atoms with Gasteiger partial charge in [0.2, 0.25) is 6.29 Å². The Morgan fingerprint density at radius 1 is 1.21 bits per heavy atom. The van der Waals surface area contributed by atoms with Gasteiger partial charge in [-0.05, 0) is 12.8 Å². The Balaban J connectivity index is 1.97. The van der Waals surface area contributed by atoms with E-state index in [1.54, 1.807) is 7.11 Å². The van der Waals surface area contributed by atoms with Gasteiger partial charge >= 0.3 is 6.16 Å². The lowest BCUT2D eigenvalue weighted by Crippen LogP contribution is -2.33. The van der Waals surface area contributed by atoms with Gasteiger partial charge in [0.1, 0.15) is 0 Å². The first kappa shape index (κ1) is 9.77. The van der Waals surface area contributed by atoms with Gasteiger partial charge < -0.3 is 14.2 Å². The summed E-state index contributed by atoms with van der Waals surface area (Å²) < 4.78 is 15.1. The van der Waals surface area contributed by atoms with E-state index in [4.69, 9.17) is 14.2 Å². The zero-order valence-electron chi connectivity index (χ0n) is 8.40.